The number of hydrogen-bond acceptors (Lipinski definition) is 4. The molecule has 3 N–H and O–H groups in total. The highest BCUT2D eigenvalue weighted by Gasteiger charge is 2.19. The number of anilines is 1. The standard InChI is InChI=1S/C22H19ClFN5O/c1-3-29(2)22(30)15-8-13(9-26-20(15)25)17-11-28-21-18(19(17)23)16(10-27-21)12-5-4-6-14(24)7-12/h4-11H,3H2,1-2H3,(H2,25,26)(H,27,28). The molecule has 8 heteroatoms. The maximum atomic E-state index is 13.7. The maximum Gasteiger partial charge on any atom is 0.257 e. The summed E-state index contributed by atoms with van der Waals surface area (Å²) < 4.78 is 13.7. The van der Waals surface area contributed by atoms with E-state index in [1.54, 1.807) is 48.7 Å². The Labute approximate surface area is 177 Å². The molecule has 0 atom stereocenters. The summed E-state index contributed by atoms with van der Waals surface area (Å²) in [5.41, 5.74) is 9.44. The summed E-state index contributed by atoms with van der Waals surface area (Å²) in [6, 6.07) is 7.93. The first-order valence-electron chi connectivity index (χ1n) is 9.33. The number of H-pyrrole nitrogens is 1. The Balaban J connectivity index is 1.88. The van der Waals surface area contributed by atoms with E-state index in [0.717, 1.165) is 5.56 Å². The second kappa shape index (κ2) is 7.76. The molecule has 0 unspecified atom stereocenters. The van der Waals surface area contributed by atoms with Crippen molar-refractivity contribution in [2.24, 2.45) is 0 Å². The second-order valence-electron chi connectivity index (χ2n) is 6.90. The molecule has 1 amide bonds. The van der Waals surface area contributed by atoms with Gasteiger partial charge in [-0.25, -0.2) is 14.4 Å². The van der Waals surface area contributed by atoms with Crippen LogP contribution in [0.5, 0.6) is 0 Å². The highest BCUT2D eigenvalue weighted by molar-refractivity contribution is 6.39. The molecule has 152 valence electrons. The lowest BCUT2D eigenvalue weighted by molar-refractivity contribution is 0.0803. The van der Waals surface area contributed by atoms with Crippen LogP contribution in [-0.2, 0) is 0 Å². The number of nitrogens with one attached hydrogen (secondary N) is 1. The fourth-order valence-electron chi connectivity index (χ4n) is 3.28. The average molecular weight is 424 g/mol. The minimum absolute atomic E-state index is 0.149. The number of carbonyl (C=O) groups excluding carboxylic acids is 1. The lowest BCUT2D eigenvalue weighted by Gasteiger charge is -2.16. The van der Waals surface area contributed by atoms with Crippen molar-refractivity contribution in [2.75, 3.05) is 19.3 Å². The van der Waals surface area contributed by atoms with E-state index in [0.29, 0.717) is 44.9 Å². The third kappa shape index (κ3) is 3.37. The Morgan fingerprint density at radius 1 is 1.20 bits per heavy atom. The number of hydrogen-bond donors (Lipinski definition) is 2. The van der Waals surface area contributed by atoms with Crippen molar-refractivity contribution in [1.82, 2.24) is 19.9 Å². The smallest absolute Gasteiger partial charge is 0.257 e. The monoisotopic (exact) mass is 423 g/mol. The minimum Gasteiger partial charge on any atom is -0.383 e. The third-order valence-electron chi connectivity index (χ3n) is 5.05. The maximum absolute atomic E-state index is 13.7. The summed E-state index contributed by atoms with van der Waals surface area (Å²) >= 11 is 6.77. The Morgan fingerprint density at radius 3 is 2.73 bits per heavy atom. The molecule has 0 aliphatic carbocycles. The summed E-state index contributed by atoms with van der Waals surface area (Å²) in [6.45, 7) is 2.41. The van der Waals surface area contributed by atoms with Gasteiger partial charge in [0.05, 0.1) is 10.6 Å². The van der Waals surface area contributed by atoms with Crippen molar-refractivity contribution >= 4 is 34.4 Å². The molecule has 0 aliphatic heterocycles. The van der Waals surface area contributed by atoms with Crippen molar-refractivity contribution in [2.45, 2.75) is 6.92 Å². The lowest BCUT2D eigenvalue weighted by atomic mass is 10.0. The number of amides is 1. The number of carbonyl (C=O) groups is 1. The molecule has 30 heavy (non-hydrogen) atoms. The fraction of sp³-hybridized carbons (Fsp3) is 0.136. The average Bonchev–Trinajstić information content (AvgIpc) is 3.18. The lowest BCUT2D eigenvalue weighted by Crippen LogP contribution is -2.27. The number of halogens is 2. The van der Waals surface area contributed by atoms with Crippen molar-refractivity contribution in [3.8, 4) is 22.3 Å². The van der Waals surface area contributed by atoms with Gasteiger partial charge >= 0.3 is 0 Å². The van der Waals surface area contributed by atoms with Gasteiger partial charge in [0.15, 0.2) is 0 Å². The van der Waals surface area contributed by atoms with Gasteiger partial charge in [-0.3, -0.25) is 4.79 Å². The zero-order valence-electron chi connectivity index (χ0n) is 16.4. The topological polar surface area (TPSA) is 87.9 Å². The van der Waals surface area contributed by atoms with Crippen LogP contribution in [-0.4, -0.2) is 39.4 Å². The molecule has 0 saturated carbocycles. The van der Waals surface area contributed by atoms with Gasteiger partial charge < -0.3 is 15.6 Å². The van der Waals surface area contributed by atoms with Crippen molar-refractivity contribution in [1.29, 1.82) is 0 Å². The van der Waals surface area contributed by atoms with Crippen LogP contribution in [0.25, 0.3) is 33.3 Å². The number of aromatic nitrogens is 3. The molecule has 0 saturated heterocycles. The molecule has 3 heterocycles. The Morgan fingerprint density at radius 2 is 2.00 bits per heavy atom. The number of aromatic amines is 1. The molecule has 0 spiro atoms. The van der Waals surface area contributed by atoms with E-state index in [1.165, 1.54) is 12.1 Å². The number of nitrogen functional groups attached to an aromatic ring is 1. The zero-order valence-corrected chi connectivity index (χ0v) is 17.2. The summed E-state index contributed by atoms with van der Waals surface area (Å²) in [7, 11) is 1.69. The first-order chi connectivity index (χ1) is 14.4. The third-order valence-corrected chi connectivity index (χ3v) is 5.45. The number of nitrogens with two attached hydrogens (primary N) is 1. The van der Waals surface area contributed by atoms with Crippen molar-refractivity contribution < 1.29 is 9.18 Å². The van der Waals surface area contributed by atoms with E-state index >= 15 is 0 Å². The Hall–Kier alpha value is -3.45. The molecule has 1 aromatic carbocycles. The predicted octanol–water partition coefficient (Wildman–Crippen LogP) is 4.76. The molecule has 4 rings (SSSR count). The number of rotatable bonds is 4. The van der Waals surface area contributed by atoms with Gasteiger partial charge in [-0.05, 0) is 30.7 Å². The van der Waals surface area contributed by atoms with Crippen molar-refractivity contribution in [3.63, 3.8) is 0 Å². The normalized spacial score (nSPS) is 11.1. The van der Waals surface area contributed by atoms with Crippen LogP contribution in [0.2, 0.25) is 5.02 Å². The highest BCUT2D eigenvalue weighted by Crippen LogP contribution is 2.39. The van der Waals surface area contributed by atoms with Gasteiger partial charge in [0.25, 0.3) is 5.91 Å². The van der Waals surface area contributed by atoms with E-state index in [-0.39, 0.29) is 17.5 Å². The first-order valence-corrected chi connectivity index (χ1v) is 9.71. The van der Waals surface area contributed by atoms with E-state index in [1.807, 2.05) is 6.92 Å². The zero-order chi connectivity index (χ0) is 21.4. The molecular formula is C22H19ClFN5O. The molecule has 3 aromatic heterocycles. The number of pyridine rings is 2. The van der Waals surface area contributed by atoms with Gasteiger partial charge in [-0.2, -0.15) is 0 Å². The van der Waals surface area contributed by atoms with Gasteiger partial charge in [-0.15, -0.1) is 0 Å². The van der Waals surface area contributed by atoms with Gasteiger partial charge in [0.1, 0.15) is 17.3 Å². The molecule has 4 aromatic rings. The summed E-state index contributed by atoms with van der Waals surface area (Å²) in [6.07, 6.45) is 4.91. The van der Waals surface area contributed by atoms with Gasteiger partial charge in [0.2, 0.25) is 0 Å². The Kier molecular flexibility index (Phi) is 5.13. The van der Waals surface area contributed by atoms with E-state index < -0.39 is 0 Å². The molecule has 0 bridgehead atoms. The number of nitrogens with zero attached hydrogens (tertiary/aromatic N) is 3. The number of benzene rings is 1. The second-order valence-corrected chi connectivity index (χ2v) is 7.28. The minimum atomic E-state index is -0.340. The van der Waals surface area contributed by atoms with Gasteiger partial charge in [-0.1, -0.05) is 23.7 Å². The molecular weight excluding hydrogens is 405 g/mol. The largest absolute Gasteiger partial charge is 0.383 e. The van der Waals surface area contributed by atoms with Crippen LogP contribution < -0.4 is 5.73 Å². The van der Waals surface area contributed by atoms with Crippen LogP contribution in [0.3, 0.4) is 0 Å². The van der Waals surface area contributed by atoms with Crippen molar-refractivity contribution in [3.05, 3.63) is 65.3 Å². The van der Waals surface area contributed by atoms with E-state index in [4.69, 9.17) is 17.3 Å². The van der Waals surface area contributed by atoms with Crippen LogP contribution >= 0.6 is 11.6 Å². The van der Waals surface area contributed by atoms with E-state index in [2.05, 4.69) is 15.0 Å². The molecule has 0 fully saturated rings. The van der Waals surface area contributed by atoms with Crippen LogP contribution in [0, 0.1) is 5.82 Å². The van der Waals surface area contributed by atoms with Gasteiger partial charge in [0, 0.05) is 54.3 Å². The summed E-state index contributed by atoms with van der Waals surface area (Å²) in [5, 5.41) is 1.09. The quantitative estimate of drug-likeness (QED) is 0.495. The molecule has 6 nitrogen and oxygen atoms in total. The van der Waals surface area contributed by atoms with Crippen LogP contribution in [0.15, 0.2) is 48.9 Å². The van der Waals surface area contributed by atoms with Crippen LogP contribution in [0.4, 0.5) is 10.2 Å². The van der Waals surface area contributed by atoms with Crippen LogP contribution in [0.1, 0.15) is 17.3 Å². The summed E-state index contributed by atoms with van der Waals surface area (Å²) in [5.74, 6) is -0.416. The highest BCUT2D eigenvalue weighted by atomic mass is 35.5. The van der Waals surface area contributed by atoms with E-state index in [9.17, 15) is 9.18 Å². The summed E-state index contributed by atoms with van der Waals surface area (Å²) in [4.78, 5) is 25.9. The molecule has 0 radical (unpaired) electrons. The fourth-order valence-corrected chi connectivity index (χ4v) is 3.63. The SMILES string of the molecule is CCN(C)C(=O)c1cc(-c2cnc3[nH]cc(-c4cccc(F)c4)c3c2Cl)cnc1N. The number of fused-ring (bicyclic) bond motifs is 1. The first kappa shape index (κ1) is 19.8. The predicted molar refractivity (Wildman–Crippen MR) is 117 cm³/mol. The Bertz CT molecular complexity index is 1270. The molecule has 0 aliphatic rings.